The summed E-state index contributed by atoms with van der Waals surface area (Å²) < 4.78 is 5.24. The number of aromatic nitrogens is 2. The van der Waals surface area contributed by atoms with Gasteiger partial charge in [0.1, 0.15) is 5.82 Å². The number of morpholine rings is 1. The molecule has 0 bridgehead atoms. The van der Waals surface area contributed by atoms with Gasteiger partial charge in [0.05, 0.1) is 13.2 Å². The van der Waals surface area contributed by atoms with E-state index in [0.29, 0.717) is 0 Å². The maximum absolute atomic E-state index is 5.76. The Bertz CT molecular complexity index is 321. The zero-order valence-corrected chi connectivity index (χ0v) is 9.29. The van der Waals surface area contributed by atoms with Gasteiger partial charge in [-0.2, -0.15) is 4.98 Å². The molecule has 1 aromatic heterocycles. The molecule has 0 atom stereocenters. The normalized spacial score (nSPS) is 17.7. The Morgan fingerprint density at radius 2 is 2.13 bits per heavy atom. The quantitative estimate of drug-likeness (QED) is 0.769. The average molecular weight is 229 g/mol. The first-order valence-corrected chi connectivity index (χ1v) is 5.22. The first kappa shape index (κ1) is 10.6. The molecule has 0 spiro atoms. The minimum Gasteiger partial charge on any atom is -0.379 e. The van der Waals surface area contributed by atoms with Gasteiger partial charge >= 0.3 is 0 Å². The van der Waals surface area contributed by atoms with Crippen LogP contribution in [0.3, 0.4) is 0 Å². The van der Waals surface area contributed by atoms with Gasteiger partial charge in [-0.05, 0) is 18.5 Å². The number of ether oxygens (including phenoxy) is 1. The van der Waals surface area contributed by atoms with Gasteiger partial charge in [-0.15, -0.1) is 0 Å². The van der Waals surface area contributed by atoms with Gasteiger partial charge in [-0.1, -0.05) is 0 Å². The van der Waals surface area contributed by atoms with Gasteiger partial charge in [-0.25, -0.2) is 9.99 Å². The SMILES string of the molecule is Cc1cc(NN2CCOCC2)nc(Cl)n1. The maximum Gasteiger partial charge on any atom is 0.224 e. The highest BCUT2D eigenvalue weighted by molar-refractivity contribution is 6.28. The number of hydrogen-bond donors (Lipinski definition) is 1. The molecular weight excluding hydrogens is 216 g/mol. The molecule has 0 amide bonds. The second-order valence-corrected chi connectivity index (χ2v) is 3.71. The lowest BCUT2D eigenvalue weighted by Gasteiger charge is -2.27. The van der Waals surface area contributed by atoms with Crippen molar-refractivity contribution in [1.29, 1.82) is 0 Å². The number of rotatable bonds is 2. The van der Waals surface area contributed by atoms with E-state index in [0.717, 1.165) is 37.8 Å². The van der Waals surface area contributed by atoms with Crippen molar-refractivity contribution in [1.82, 2.24) is 15.0 Å². The minimum atomic E-state index is 0.269. The Morgan fingerprint density at radius 1 is 1.40 bits per heavy atom. The minimum absolute atomic E-state index is 0.269. The van der Waals surface area contributed by atoms with Gasteiger partial charge < -0.3 is 10.2 Å². The van der Waals surface area contributed by atoms with Crippen LogP contribution in [0, 0.1) is 6.92 Å². The fraction of sp³-hybridized carbons (Fsp3) is 0.556. The molecular formula is C9H13ClN4O. The van der Waals surface area contributed by atoms with E-state index in [-0.39, 0.29) is 5.28 Å². The van der Waals surface area contributed by atoms with Crippen LogP contribution < -0.4 is 5.43 Å². The fourth-order valence-corrected chi connectivity index (χ4v) is 1.65. The number of nitrogens with one attached hydrogen (secondary N) is 1. The fourth-order valence-electron chi connectivity index (χ4n) is 1.43. The second kappa shape index (κ2) is 4.74. The summed E-state index contributed by atoms with van der Waals surface area (Å²) in [6.07, 6.45) is 0. The summed E-state index contributed by atoms with van der Waals surface area (Å²) >= 11 is 5.76. The molecule has 2 rings (SSSR count). The van der Waals surface area contributed by atoms with Gasteiger partial charge in [0.25, 0.3) is 0 Å². The number of nitrogens with zero attached hydrogens (tertiary/aromatic N) is 3. The summed E-state index contributed by atoms with van der Waals surface area (Å²) in [5.41, 5.74) is 4.03. The smallest absolute Gasteiger partial charge is 0.224 e. The Morgan fingerprint density at radius 3 is 2.80 bits per heavy atom. The predicted molar refractivity (Wildman–Crippen MR) is 57.8 cm³/mol. The Balaban J connectivity index is 2.02. The van der Waals surface area contributed by atoms with Crippen molar-refractivity contribution in [3.63, 3.8) is 0 Å². The molecule has 0 saturated carbocycles. The van der Waals surface area contributed by atoms with Gasteiger partial charge in [0.15, 0.2) is 0 Å². The van der Waals surface area contributed by atoms with E-state index in [2.05, 4.69) is 20.4 Å². The Hall–Kier alpha value is -0.910. The van der Waals surface area contributed by atoms with Crippen molar-refractivity contribution < 1.29 is 4.74 Å². The Kier molecular flexibility index (Phi) is 3.35. The largest absolute Gasteiger partial charge is 0.379 e. The van der Waals surface area contributed by atoms with Crippen LogP contribution >= 0.6 is 11.6 Å². The molecule has 15 heavy (non-hydrogen) atoms. The molecule has 1 aliphatic heterocycles. The molecule has 1 N–H and O–H groups in total. The molecule has 1 fully saturated rings. The zero-order chi connectivity index (χ0) is 10.7. The van der Waals surface area contributed by atoms with Crippen LogP contribution in [0.1, 0.15) is 5.69 Å². The molecule has 0 unspecified atom stereocenters. The summed E-state index contributed by atoms with van der Waals surface area (Å²) in [5.74, 6) is 0.731. The van der Waals surface area contributed by atoms with Crippen LogP contribution in [0.5, 0.6) is 0 Å². The molecule has 1 aliphatic rings. The summed E-state index contributed by atoms with van der Waals surface area (Å²) in [6.45, 7) is 5.06. The van der Waals surface area contributed by atoms with Crippen LogP contribution in [0.15, 0.2) is 6.07 Å². The van der Waals surface area contributed by atoms with Gasteiger partial charge in [-0.3, -0.25) is 0 Å². The molecule has 5 nitrogen and oxygen atoms in total. The number of hydrogen-bond acceptors (Lipinski definition) is 5. The lowest BCUT2D eigenvalue weighted by atomic mass is 10.4. The number of hydrazine groups is 1. The summed E-state index contributed by atoms with van der Waals surface area (Å²) in [6, 6.07) is 1.86. The van der Waals surface area contributed by atoms with Crippen LogP contribution in [0.2, 0.25) is 5.28 Å². The highest BCUT2D eigenvalue weighted by Crippen LogP contribution is 2.11. The third-order valence-corrected chi connectivity index (χ3v) is 2.28. The highest BCUT2D eigenvalue weighted by Gasteiger charge is 2.10. The zero-order valence-electron chi connectivity index (χ0n) is 8.53. The van der Waals surface area contributed by atoms with Gasteiger partial charge in [0.2, 0.25) is 5.28 Å². The third kappa shape index (κ3) is 3.02. The molecule has 1 saturated heterocycles. The molecule has 0 radical (unpaired) electrons. The molecule has 82 valence electrons. The van der Waals surface area contributed by atoms with E-state index in [9.17, 15) is 0 Å². The van der Waals surface area contributed by atoms with Crippen LogP contribution in [-0.4, -0.2) is 41.3 Å². The number of anilines is 1. The van der Waals surface area contributed by atoms with Crippen molar-refractivity contribution in [2.45, 2.75) is 6.92 Å². The maximum atomic E-state index is 5.76. The molecule has 1 aromatic rings. The van der Waals surface area contributed by atoms with E-state index >= 15 is 0 Å². The molecule has 0 aliphatic carbocycles. The summed E-state index contributed by atoms with van der Waals surface area (Å²) in [5, 5.41) is 2.33. The van der Waals surface area contributed by atoms with E-state index in [4.69, 9.17) is 16.3 Å². The molecule has 6 heteroatoms. The lowest BCUT2D eigenvalue weighted by Crippen LogP contribution is -2.40. The van der Waals surface area contributed by atoms with Gasteiger partial charge in [0, 0.05) is 24.8 Å². The first-order valence-electron chi connectivity index (χ1n) is 4.84. The number of aryl methyl sites for hydroxylation is 1. The van der Waals surface area contributed by atoms with Crippen molar-refractivity contribution in [2.75, 3.05) is 31.7 Å². The summed E-state index contributed by atoms with van der Waals surface area (Å²) in [7, 11) is 0. The predicted octanol–water partition coefficient (Wildman–Crippen LogP) is 1.10. The van der Waals surface area contributed by atoms with E-state index in [1.54, 1.807) is 0 Å². The lowest BCUT2D eigenvalue weighted by molar-refractivity contribution is 0.0495. The van der Waals surface area contributed by atoms with Crippen LogP contribution in [0.4, 0.5) is 5.82 Å². The van der Waals surface area contributed by atoms with Crippen LogP contribution in [0.25, 0.3) is 0 Å². The highest BCUT2D eigenvalue weighted by atomic mass is 35.5. The average Bonchev–Trinajstić information content (AvgIpc) is 2.17. The third-order valence-electron chi connectivity index (χ3n) is 2.11. The Labute approximate surface area is 93.4 Å². The molecule has 2 heterocycles. The van der Waals surface area contributed by atoms with Crippen molar-refractivity contribution in [3.05, 3.63) is 17.0 Å². The second-order valence-electron chi connectivity index (χ2n) is 3.37. The first-order chi connectivity index (χ1) is 7.24. The van der Waals surface area contributed by atoms with Crippen LogP contribution in [-0.2, 0) is 4.74 Å². The number of halogens is 1. The van der Waals surface area contributed by atoms with Crippen molar-refractivity contribution in [2.24, 2.45) is 0 Å². The molecule has 0 aromatic carbocycles. The topological polar surface area (TPSA) is 50.3 Å². The van der Waals surface area contributed by atoms with E-state index in [1.165, 1.54) is 0 Å². The van der Waals surface area contributed by atoms with Crippen molar-refractivity contribution in [3.8, 4) is 0 Å². The standard InChI is InChI=1S/C9H13ClN4O/c1-7-6-8(12-9(10)11-7)13-14-2-4-15-5-3-14/h6H,2-5H2,1H3,(H,11,12,13). The van der Waals surface area contributed by atoms with E-state index < -0.39 is 0 Å². The monoisotopic (exact) mass is 228 g/mol. The van der Waals surface area contributed by atoms with E-state index in [1.807, 2.05) is 13.0 Å². The summed E-state index contributed by atoms with van der Waals surface area (Å²) in [4.78, 5) is 8.09. The van der Waals surface area contributed by atoms with Crippen molar-refractivity contribution >= 4 is 17.4 Å².